The topological polar surface area (TPSA) is 69.9 Å². The summed E-state index contributed by atoms with van der Waals surface area (Å²) in [6.07, 6.45) is 3.21. The normalized spacial score (nSPS) is 28.2. The molecule has 6 rings (SSSR count). The summed E-state index contributed by atoms with van der Waals surface area (Å²) in [5.74, 6) is -0.960. The molecule has 2 saturated heterocycles. The fourth-order valence-corrected chi connectivity index (χ4v) is 8.02. The first-order chi connectivity index (χ1) is 16.8. The summed E-state index contributed by atoms with van der Waals surface area (Å²) >= 11 is 6.95. The summed E-state index contributed by atoms with van der Waals surface area (Å²) < 4.78 is 19.1. The number of fused-ring (bicyclic) bond motifs is 3. The van der Waals surface area contributed by atoms with Gasteiger partial charge < -0.3 is 9.32 Å². The molecule has 3 aliphatic rings. The van der Waals surface area contributed by atoms with E-state index < -0.39 is 22.0 Å². The molecule has 3 unspecified atom stereocenters. The second-order valence-corrected chi connectivity index (χ2v) is 10.9. The maximum absolute atomic E-state index is 14.7. The van der Waals surface area contributed by atoms with Gasteiger partial charge in [0.15, 0.2) is 5.54 Å². The largest absolute Gasteiger partial charge is 0.467 e. The van der Waals surface area contributed by atoms with Crippen LogP contribution in [-0.2, 0) is 21.7 Å². The number of hydrogen-bond acceptors (Lipinski definition) is 7. The first-order valence-electron chi connectivity index (χ1n) is 11.1. The number of pyridine rings is 1. The van der Waals surface area contributed by atoms with Gasteiger partial charge in [-0.05, 0) is 49.5 Å². The molecular formula is C25H21FN4O3S2. The van der Waals surface area contributed by atoms with Crippen molar-refractivity contribution in [3.05, 3.63) is 83.8 Å². The minimum absolute atomic E-state index is 0.147. The van der Waals surface area contributed by atoms with E-state index in [4.69, 9.17) is 16.6 Å². The van der Waals surface area contributed by atoms with Crippen LogP contribution < -0.4 is 4.90 Å². The first kappa shape index (κ1) is 22.4. The van der Waals surface area contributed by atoms with Crippen LogP contribution in [0.3, 0.4) is 0 Å². The molecule has 0 aliphatic carbocycles. The van der Waals surface area contributed by atoms with Crippen LogP contribution in [0.25, 0.3) is 0 Å². The number of benzene rings is 1. The Morgan fingerprint density at radius 2 is 2.00 bits per heavy atom. The molecule has 178 valence electrons. The summed E-state index contributed by atoms with van der Waals surface area (Å²) in [7, 11) is 3.47. The number of furan rings is 1. The lowest BCUT2D eigenvalue weighted by atomic mass is 9.72. The van der Waals surface area contributed by atoms with Gasteiger partial charge in [0, 0.05) is 42.7 Å². The number of aromatic nitrogens is 1. The third kappa shape index (κ3) is 2.75. The Kier molecular flexibility index (Phi) is 4.93. The van der Waals surface area contributed by atoms with Gasteiger partial charge in [-0.3, -0.25) is 24.4 Å². The molecule has 2 aromatic heterocycles. The number of anilines is 1. The molecule has 2 spiro atoms. The minimum Gasteiger partial charge on any atom is -0.467 e. The van der Waals surface area contributed by atoms with Crippen molar-refractivity contribution >= 4 is 45.8 Å². The number of likely N-dealkylation sites (N-methyl/N-ethyl adjacent to an activating group) is 2. The van der Waals surface area contributed by atoms with E-state index in [1.807, 2.05) is 24.1 Å². The van der Waals surface area contributed by atoms with Crippen LogP contribution in [0, 0.1) is 5.82 Å². The SMILES string of the molecule is CN1C(=O)C2(c3cc(F)ccc31)N(C)CC(c1ccccn1)C21SC(=S)N(Cc2ccco2)C1=O. The van der Waals surface area contributed by atoms with E-state index in [0.717, 1.165) is 0 Å². The molecule has 0 saturated carbocycles. The lowest BCUT2D eigenvalue weighted by molar-refractivity contribution is -0.139. The number of carbonyl (C=O) groups is 2. The van der Waals surface area contributed by atoms with E-state index in [1.165, 1.54) is 40.0 Å². The van der Waals surface area contributed by atoms with Gasteiger partial charge in [-0.15, -0.1) is 0 Å². The Labute approximate surface area is 210 Å². The van der Waals surface area contributed by atoms with Gasteiger partial charge in [-0.2, -0.15) is 0 Å². The molecule has 3 aliphatic heterocycles. The van der Waals surface area contributed by atoms with Gasteiger partial charge in [-0.1, -0.05) is 30.0 Å². The van der Waals surface area contributed by atoms with Gasteiger partial charge in [0.1, 0.15) is 20.6 Å². The van der Waals surface area contributed by atoms with E-state index in [0.29, 0.717) is 33.6 Å². The van der Waals surface area contributed by atoms with Gasteiger partial charge in [0.2, 0.25) is 5.91 Å². The molecule has 35 heavy (non-hydrogen) atoms. The molecular weight excluding hydrogens is 487 g/mol. The summed E-state index contributed by atoms with van der Waals surface area (Å²) in [6, 6.07) is 13.4. The maximum atomic E-state index is 14.7. The van der Waals surface area contributed by atoms with E-state index in [-0.39, 0.29) is 18.4 Å². The van der Waals surface area contributed by atoms with Gasteiger partial charge in [0.05, 0.1) is 12.8 Å². The number of amides is 2. The number of halogens is 1. The molecule has 7 nitrogen and oxygen atoms in total. The van der Waals surface area contributed by atoms with Crippen molar-refractivity contribution in [2.45, 2.75) is 22.7 Å². The fraction of sp³-hybridized carbons (Fsp3) is 0.280. The van der Waals surface area contributed by atoms with Gasteiger partial charge >= 0.3 is 0 Å². The Morgan fingerprint density at radius 1 is 1.17 bits per heavy atom. The van der Waals surface area contributed by atoms with Crippen LogP contribution in [-0.4, -0.2) is 56.3 Å². The molecule has 5 heterocycles. The van der Waals surface area contributed by atoms with Crippen LogP contribution in [0.5, 0.6) is 0 Å². The third-order valence-electron chi connectivity index (χ3n) is 7.35. The Hall–Kier alpha value is -3.08. The van der Waals surface area contributed by atoms with Crippen LogP contribution in [0.2, 0.25) is 0 Å². The second-order valence-electron chi connectivity index (χ2n) is 9.00. The zero-order valence-electron chi connectivity index (χ0n) is 19.0. The van der Waals surface area contributed by atoms with Crippen molar-refractivity contribution in [3.63, 3.8) is 0 Å². The number of thiocarbonyl (C=S) groups is 1. The molecule has 3 atom stereocenters. The van der Waals surface area contributed by atoms with Crippen LogP contribution >= 0.6 is 24.0 Å². The third-order valence-corrected chi connectivity index (χ3v) is 9.29. The molecule has 2 amide bonds. The number of thioether (sulfide) groups is 1. The molecule has 3 aromatic rings. The van der Waals surface area contributed by atoms with Crippen molar-refractivity contribution in [1.29, 1.82) is 0 Å². The monoisotopic (exact) mass is 508 g/mol. The zero-order chi connectivity index (χ0) is 24.5. The number of carbonyl (C=O) groups excluding carboxylic acids is 2. The molecule has 0 bridgehead atoms. The molecule has 10 heteroatoms. The van der Waals surface area contributed by atoms with E-state index in [2.05, 4.69) is 4.98 Å². The minimum atomic E-state index is -1.47. The standard InChI is InChI=1S/C25H21FN4O3S2/c1-28-14-18(19-7-3-4-10-27-19)25(22(32)30(23(34)35-25)13-16-6-5-11-33-16)24(28)17-12-15(26)8-9-20(17)29(2)21(24)31/h3-12,18H,13-14H2,1-2H3. The number of rotatable bonds is 3. The van der Waals surface area contributed by atoms with Crippen molar-refractivity contribution in [1.82, 2.24) is 14.8 Å². The predicted octanol–water partition coefficient (Wildman–Crippen LogP) is 3.51. The summed E-state index contributed by atoms with van der Waals surface area (Å²) in [5, 5.41) is 0. The van der Waals surface area contributed by atoms with Crippen LogP contribution in [0.4, 0.5) is 10.1 Å². The zero-order valence-corrected chi connectivity index (χ0v) is 20.6. The van der Waals surface area contributed by atoms with Gasteiger partial charge in [0.25, 0.3) is 5.91 Å². The second kappa shape index (κ2) is 7.71. The highest BCUT2D eigenvalue weighted by molar-refractivity contribution is 8.25. The van der Waals surface area contributed by atoms with Crippen molar-refractivity contribution in [3.8, 4) is 0 Å². The highest BCUT2D eigenvalue weighted by Crippen LogP contribution is 2.66. The van der Waals surface area contributed by atoms with Crippen LogP contribution in [0.15, 0.2) is 65.4 Å². The van der Waals surface area contributed by atoms with E-state index >= 15 is 0 Å². The fourth-order valence-electron chi connectivity index (χ4n) is 5.91. The van der Waals surface area contributed by atoms with E-state index in [1.54, 1.807) is 37.5 Å². The van der Waals surface area contributed by atoms with Gasteiger partial charge in [-0.25, -0.2) is 4.39 Å². The predicted molar refractivity (Wildman–Crippen MR) is 133 cm³/mol. The van der Waals surface area contributed by atoms with Crippen molar-refractivity contribution < 1.29 is 18.4 Å². The quantitative estimate of drug-likeness (QED) is 0.502. The van der Waals surface area contributed by atoms with Crippen molar-refractivity contribution in [2.75, 3.05) is 25.5 Å². The smallest absolute Gasteiger partial charge is 0.254 e. The Balaban J connectivity index is 1.62. The molecule has 1 aromatic carbocycles. The van der Waals surface area contributed by atoms with Crippen LogP contribution in [0.1, 0.15) is 22.9 Å². The molecule has 0 radical (unpaired) electrons. The summed E-state index contributed by atoms with van der Waals surface area (Å²) in [4.78, 5) is 38.2. The first-order valence-corrected chi connectivity index (χ1v) is 12.3. The summed E-state index contributed by atoms with van der Waals surface area (Å²) in [5.41, 5.74) is 0.257. The summed E-state index contributed by atoms with van der Waals surface area (Å²) in [6.45, 7) is 0.511. The molecule has 0 N–H and O–H groups in total. The van der Waals surface area contributed by atoms with Crippen molar-refractivity contribution in [2.24, 2.45) is 0 Å². The average molecular weight is 509 g/mol. The number of likely N-dealkylation sites (tertiary alicyclic amines) is 1. The lowest BCUT2D eigenvalue weighted by Gasteiger charge is -2.42. The van der Waals surface area contributed by atoms with E-state index in [9.17, 15) is 14.0 Å². The Bertz CT molecular complexity index is 1370. The number of nitrogens with zero attached hydrogens (tertiary/aromatic N) is 4. The molecule has 2 fully saturated rings. The highest BCUT2D eigenvalue weighted by Gasteiger charge is 2.78. The average Bonchev–Trinajstić information content (AvgIpc) is 3.57. The lowest BCUT2D eigenvalue weighted by Crippen LogP contribution is -2.62. The Morgan fingerprint density at radius 3 is 2.71 bits per heavy atom. The highest BCUT2D eigenvalue weighted by atomic mass is 32.2. The number of hydrogen-bond donors (Lipinski definition) is 0. The maximum Gasteiger partial charge on any atom is 0.254 e.